The molecular weight excluding hydrogens is 396 g/mol. The molecule has 1 atom stereocenters. The van der Waals surface area contributed by atoms with Gasteiger partial charge in [0.1, 0.15) is 0 Å². The summed E-state index contributed by atoms with van der Waals surface area (Å²) in [5.41, 5.74) is 6.67. The van der Waals surface area contributed by atoms with Gasteiger partial charge in [-0.05, 0) is 75.3 Å². The van der Waals surface area contributed by atoms with E-state index in [1.165, 1.54) is 16.8 Å². The Bertz CT molecular complexity index is 1080. The van der Waals surface area contributed by atoms with Crippen molar-refractivity contribution in [1.82, 2.24) is 19.7 Å². The maximum absolute atomic E-state index is 13.7. The molecule has 1 N–H and O–H groups in total. The van der Waals surface area contributed by atoms with E-state index >= 15 is 0 Å². The summed E-state index contributed by atoms with van der Waals surface area (Å²) in [5, 5.41) is 8.04. The number of amides is 1. The van der Waals surface area contributed by atoms with Gasteiger partial charge in [0, 0.05) is 40.7 Å². The van der Waals surface area contributed by atoms with E-state index in [4.69, 9.17) is 11.6 Å². The fraction of sp³-hybridized carbons (Fsp3) is 0.417. The van der Waals surface area contributed by atoms with Crippen molar-refractivity contribution in [2.75, 3.05) is 0 Å². The first-order valence-electron chi connectivity index (χ1n) is 10.8. The first kappa shape index (κ1) is 19.4. The smallest absolute Gasteiger partial charge is 0.256 e. The minimum absolute atomic E-state index is 0.185. The molecule has 30 heavy (non-hydrogen) atoms. The molecule has 1 saturated carbocycles. The van der Waals surface area contributed by atoms with Gasteiger partial charge in [-0.25, -0.2) is 0 Å². The molecule has 1 unspecified atom stereocenters. The maximum atomic E-state index is 13.7. The van der Waals surface area contributed by atoms with Gasteiger partial charge in [-0.3, -0.25) is 9.89 Å². The van der Waals surface area contributed by atoms with Gasteiger partial charge >= 0.3 is 0 Å². The van der Waals surface area contributed by atoms with Crippen molar-refractivity contribution in [3.05, 3.63) is 75.3 Å². The van der Waals surface area contributed by atoms with E-state index < -0.39 is 0 Å². The van der Waals surface area contributed by atoms with Crippen molar-refractivity contribution in [3.63, 3.8) is 0 Å². The molecular formula is C24H27ClN4O. The van der Waals surface area contributed by atoms with Gasteiger partial charge in [0.15, 0.2) is 0 Å². The molecule has 6 heteroatoms. The number of halogens is 1. The lowest BCUT2D eigenvalue weighted by Crippen LogP contribution is -2.45. The predicted octanol–water partition coefficient (Wildman–Crippen LogP) is 4.69. The number of fused-ring (bicyclic) bond motifs is 1. The number of hydrogen-bond donors (Lipinski definition) is 1. The zero-order valence-electron chi connectivity index (χ0n) is 17.5. The average molecular weight is 423 g/mol. The first-order valence-corrected chi connectivity index (χ1v) is 11.1. The van der Waals surface area contributed by atoms with E-state index in [0.29, 0.717) is 6.04 Å². The summed E-state index contributed by atoms with van der Waals surface area (Å²) in [6.07, 6.45) is 7.02. The standard InChI is InChI=1S/C24H27ClN4O/c1-15-11-22(16(2)28(15)14-17-3-5-19(25)6-4-17)24(30)29(20-7-8-20)21-9-10-23-18(12-21)13-26-27-23/h3-6,11,13,20-21H,7-10,12,14H2,1-2H3,(H,26,27). The van der Waals surface area contributed by atoms with Crippen molar-refractivity contribution < 1.29 is 4.79 Å². The molecule has 2 aliphatic carbocycles. The Morgan fingerprint density at radius 2 is 1.97 bits per heavy atom. The third-order valence-electron chi connectivity index (χ3n) is 6.62. The summed E-state index contributed by atoms with van der Waals surface area (Å²) in [6, 6.07) is 10.6. The highest BCUT2D eigenvalue weighted by atomic mass is 35.5. The molecule has 0 radical (unpaired) electrons. The van der Waals surface area contributed by atoms with Crippen LogP contribution < -0.4 is 0 Å². The lowest BCUT2D eigenvalue weighted by Gasteiger charge is -2.34. The average Bonchev–Trinajstić information content (AvgIpc) is 3.38. The lowest BCUT2D eigenvalue weighted by molar-refractivity contribution is 0.0642. The number of hydrogen-bond acceptors (Lipinski definition) is 2. The minimum atomic E-state index is 0.185. The number of aryl methyl sites for hydroxylation is 2. The molecule has 2 aliphatic rings. The van der Waals surface area contributed by atoms with Gasteiger partial charge in [0.2, 0.25) is 0 Å². The van der Waals surface area contributed by atoms with E-state index in [-0.39, 0.29) is 11.9 Å². The summed E-state index contributed by atoms with van der Waals surface area (Å²) >= 11 is 6.03. The first-order chi connectivity index (χ1) is 14.5. The monoisotopic (exact) mass is 422 g/mol. The van der Waals surface area contributed by atoms with Crippen LogP contribution in [0.4, 0.5) is 0 Å². The predicted molar refractivity (Wildman–Crippen MR) is 118 cm³/mol. The number of H-pyrrole nitrogens is 1. The van der Waals surface area contributed by atoms with Gasteiger partial charge in [0.25, 0.3) is 5.91 Å². The van der Waals surface area contributed by atoms with Crippen molar-refractivity contribution in [1.29, 1.82) is 0 Å². The van der Waals surface area contributed by atoms with Crippen LogP contribution in [0.15, 0.2) is 36.5 Å². The molecule has 2 aromatic heterocycles. The number of aromatic amines is 1. The Hall–Kier alpha value is -2.53. The number of carbonyl (C=O) groups excluding carboxylic acids is 1. The molecule has 0 spiro atoms. The van der Waals surface area contributed by atoms with Crippen LogP contribution in [-0.2, 0) is 19.4 Å². The number of nitrogens with one attached hydrogen (secondary N) is 1. The largest absolute Gasteiger partial charge is 0.344 e. The SMILES string of the molecule is Cc1cc(C(=O)N(C2CC2)C2CCc3[nH]ncc3C2)c(C)n1Cc1ccc(Cl)cc1. The summed E-state index contributed by atoms with van der Waals surface area (Å²) in [5.74, 6) is 0.185. The van der Waals surface area contributed by atoms with Gasteiger partial charge in [-0.2, -0.15) is 5.10 Å². The van der Waals surface area contributed by atoms with E-state index in [2.05, 4.69) is 39.6 Å². The Morgan fingerprint density at radius 1 is 1.20 bits per heavy atom. The van der Waals surface area contributed by atoms with Crippen LogP contribution in [0, 0.1) is 13.8 Å². The van der Waals surface area contributed by atoms with Crippen LogP contribution in [0.3, 0.4) is 0 Å². The lowest BCUT2D eigenvalue weighted by atomic mass is 9.92. The molecule has 156 valence electrons. The van der Waals surface area contributed by atoms with E-state index in [1.54, 1.807) is 0 Å². The normalized spacial score (nSPS) is 18.3. The van der Waals surface area contributed by atoms with Crippen LogP contribution >= 0.6 is 11.6 Å². The fourth-order valence-electron chi connectivity index (χ4n) is 4.79. The molecule has 1 aromatic carbocycles. The molecule has 5 nitrogen and oxygen atoms in total. The Morgan fingerprint density at radius 3 is 2.70 bits per heavy atom. The molecule has 0 bridgehead atoms. The zero-order valence-corrected chi connectivity index (χ0v) is 18.2. The van der Waals surface area contributed by atoms with Gasteiger partial charge in [0.05, 0.1) is 11.8 Å². The van der Waals surface area contributed by atoms with Crippen LogP contribution in [0.25, 0.3) is 0 Å². The Labute approximate surface area is 182 Å². The van der Waals surface area contributed by atoms with Crippen LogP contribution in [-0.4, -0.2) is 37.7 Å². The van der Waals surface area contributed by atoms with E-state index in [1.807, 2.05) is 30.5 Å². The maximum Gasteiger partial charge on any atom is 0.256 e. The quantitative estimate of drug-likeness (QED) is 0.648. The second kappa shape index (κ2) is 7.62. The fourth-order valence-corrected chi connectivity index (χ4v) is 4.92. The van der Waals surface area contributed by atoms with E-state index in [0.717, 1.165) is 60.6 Å². The summed E-state index contributed by atoms with van der Waals surface area (Å²) in [6.45, 7) is 4.89. The number of aromatic nitrogens is 3. The van der Waals surface area contributed by atoms with Gasteiger partial charge in [-0.15, -0.1) is 0 Å². The van der Waals surface area contributed by atoms with Crippen molar-refractivity contribution in [2.24, 2.45) is 0 Å². The Balaban J connectivity index is 1.41. The topological polar surface area (TPSA) is 53.9 Å². The molecule has 0 aliphatic heterocycles. The number of benzene rings is 1. The molecule has 1 amide bonds. The highest BCUT2D eigenvalue weighted by molar-refractivity contribution is 6.30. The van der Waals surface area contributed by atoms with Gasteiger partial charge < -0.3 is 9.47 Å². The van der Waals surface area contributed by atoms with E-state index in [9.17, 15) is 4.79 Å². The zero-order chi connectivity index (χ0) is 20.8. The van der Waals surface area contributed by atoms with Gasteiger partial charge in [-0.1, -0.05) is 23.7 Å². The Kier molecular flexibility index (Phi) is 4.94. The molecule has 1 fully saturated rings. The van der Waals surface area contributed by atoms with Crippen LogP contribution in [0.5, 0.6) is 0 Å². The van der Waals surface area contributed by atoms with Crippen LogP contribution in [0.1, 0.15) is 57.8 Å². The molecule has 0 saturated heterocycles. The third-order valence-corrected chi connectivity index (χ3v) is 6.87. The van der Waals surface area contributed by atoms with Crippen molar-refractivity contribution in [2.45, 2.75) is 64.6 Å². The summed E-state index contributed by atoms with van der Waals surface area (Å²) in [4.78, 5) is 15.9. The molecule has 3 aromatic rings. The van der Waals surface area contributed by atoms with Crippen molar-refractivity contribution in [3.8, 4) is 0 Å². The number of rotatable bonds is 5. The number of carbonyl (C=O) groups is 1. The van der Waals surface area contributed by atoms with Crippen molar-refractivity contribution >= 4 is 17.5 Å². The summed E-state index contributed by atoms with van der Waals surface area (Å²) < 4.78 is 2.23. The molecule has 5 rings (SSSR count). The highest BCUT2D eigenvalue weighted by Crippen LogP contribution is 2.35. The minimum Gasteiger partial charge on any atom is -0.344 e. The number of nitrogens with zero attached hydrogens (tertiary/aromatic N) is 3. The second-order valence-corrected chi connectivity index (χ2v) is 9.15. The van der Waals surface area contributed by atoms with Crippen LogP contribution in [0.2, 0.25) is 5.02 Å². The second-order valence-electron chi connectivity index (χ2n) is 8.71. The molecule has 2 heterocycles. The third kappa shape index (κ3) is 3.56. The highest BCUT2D eigenvalue weighted by Gasteiger charge is 2.40. The summed E-state index contributed by atoms with van der Waals surface area (Å²) in [7, 11) is 0.